The van der Waals surface area contributed by atoms with Crippen LogP contribution < -0.4 is 9.30 Å². The molecule has 3 nitrogen and oxygen atoms in total. The van der Waals surface area contributed by atoms with Gasteiger partial charge in [-0.3, -0.25) is 0 Å². The maximum Gasteiger partial charge on any atom is 0.287 e. The number of nitrogens with zero attached hydrogens (tertiary/aromatic N) is 2. The lowest BCUT2D eigenvalue weighted by Gasteiger charge is -2.29. The van der Waals surface area contributed by atoms with E-state index in [9.17, 15) is 0 Å². The maximum absolute atomic E-state index is 6.76. The average molecular weight is 422 g/mol. The van der Waals surface area contributed by atoms with Crippen LogP contribution in [0, 0.1) is 13.8 Å². The number of hydrogen-bond acceptors (Lipinski definition) is 2. The van der Waals surface area contributed by atoms with Gasteiger partial charge >= 0.3 is 0 Å². The minimum Gasteiger partial charge on any atom is -0.455 e. The van der Waals surface area contributed by atoms with Crippen molar-refractivity contribution in [1.29, 1.82) is 0 Å². The summed E-state index contributed by atoms with van der Waals surface area (Å²) in [5, 5.41) is 1.11. The van der Waals surface area contributed by atoms with Crippen LogP contribution in [0.25, 0.3) is 33.3 Å². The number of benzene rings is 3. The molecule has 0 unspecified atom stereocenters. The standard InChI is InChI=1S/C29H29N2O/c1-15(2)18-12-21-25-22(13-18)32-28-17(4)23-19-10-8-9-11-20(19)29(5,6)26(23)16(3)24(28)27(25)31(7)14-30-21/h8-15H,1-7H3/q+1. The molecule has 0 saturated heterocycles. The molecule has 0 bridgehead atoms. The average Bonchev–Trinajstić information content (AvgIpc) is 3.01. The summed E-state index contributed by atoms with van der Waals surface area (Å²) < 4.78 is 8.92. The van der Waals surface area contributed by atoms with Crippen molar-refractivity contribution >= 4 is 10.9 Å². The molecule has 160 valence electrons. The molecule has 0 N–H and O–H groups in total. The summed E-state index contributed by atoms with van der Waals surface area (Å²) >= 11 is 0. The summed E-state index contributed by atoms with van der Waals surface area (Å²) in [6.07, 6.45) is 1.95. The van der Waals surface area contributed by atoms with Crippen molar-refractivity contribution in [3.63, 3.8) is 0 Å². The molecular weight excluding hydrogens is 392 g/mol. The molecule has 1 aromatic heterocycles. The molecule has 1 aliphatic heterocycles. The van der Waals surface area contributed by atoms with Gasteiger partial charge < -0.3 is 4.74 Å². The third-order valence-electron chi connectivity index (χ3n) is 7.62. The quantitative estimate of drug-likeness (QED) is 0.276. The number of fused-ring (bicyclic) bond motifs is 5. The van der Waals surface area contributed by atoms with Gasteiger partial charge in [0.25, 0.3) is 6.33 Å². The Hall–Kier alpha value is -3.20. The van der Waals surface area contributed by atoms with E-state index in [0.29, 0.717) is 5.92 Å². The van der Waals surface area contributed by atoms with Gasteiger partial charge in [-0.25, -0.2) is 4.57 Å². The lowest BCUT2D eigenvalue weighted by molar-refractivity contribution is -0.662. The van der Waals surface area contributed by atoms with Crippen molar-refractivity contribution in [3.8, 4) is 33.9 Å². The van der Waals surface area contributed by atoms with Crippen molar-refractivity contribution in [2.45, 2.75) is 52.9 Å². The topological polar surface area (TPSA) is 26.0 Å². The Balaban J connectivity index is 1.77. The summed E-state index contributed by atoms with van der Waals surface area (Å²) in [7, 11) is 2.10. The van der Waals surface area contributed by atoms with E-state index < -0.39 is 0 Å². The van der Waals surface area contributed by atoms with Crippen molar-refractivity contribution < 1.29 is 9.30 Å². The van der Waals surface area contributed by atoms with Gasteiger partial charge in [0.15, 0.2) is 11.2 Å². The van der Waals surface area contributed by atoms with Crippen molar-refractivity contribution in [1.82, 2.24) is 4.98 Å². The highest BCUT2D eigenvalue weighted by Crippen LogP contribution is 2.58. The summed E-state index contributed by atoms with van der Waals surface area (Å²) in [6, 6.07) is 13.3. The Labute approximate surface area is 189 Å². The van der Waals surface area contributed by atoms with Gasteiger partial charge in [0, 0.05) is 11.0 Å². The number of hydrogen-bond donors (Lipinski definition) is 0. The summed E-state index contributed by atoms with van der Waals surface area (Å²) in [5.74, 6) is 2.33. The van der Waals surface area contributed by atoms with Crippen LogP contribution >= 0.6 is 0 Å². The third-order valence-corrected chi connectivity index (χ3v) is 7.62. The molecule has 6 rings (SSSR count). The molecule has 3 aromatic carbocycles. The fourth-order valence-electron chi connectivity index (χ4n) is 6.05. The zero-order chi connectivity index (χ0) is 22.5. The Morgan fingerprint density at radius 3 is 2.50 bits per heavy atom. The van der Waals surface area contributed by atoms with Gasteiger partial charge in [0.1, 0.15) is 16.9 Å². The van der Waals surface area contributed by atoms with Gasteiger partial charge in [-0.2, -0.15) is 0 Å². The molecule has 0 saturated carbocycles. The van der Waals surface area contributed by atoms with Crippen LogP contribution in [0.1, 0.15) is 61.4 Å². The fraction of sp³-hybridized carbons (Fsp3) is 0.310. The Bertz CT molecular complexity index is 1480. The van der Waals surface area contributed by atoms with E-state index in [1.54, 1.807) is 0 Å². The number of rotatable bonds is 1. The highest BCUT2D eigenvalue weighted by molar-refractivity contribution is 6.03. The second kappa shape index (κ2) is 6.19. The highest BCUT2D eigenvalue weighted by Gasteiger charge is 2.42. The van der Waals surface area contributed by atoms with E-state index in [2.05, 4.69) is 89.6 Å². The van der Waals surface area contributed by atoms with Gasteiger partial charge in [-0.1, -0.05) is 52.0 Å². The predicted octanol–water partition coefficient (Wildman–Crippen LogP) is 6.88. The van der Waals surface area contributed by atoms with Crippen molar-refractivity contribution in [3.05, 3.63) is 70.5 Å². The van der Waals surface area contributed by atoms with Crippen molar-refractivity contribution in [2.24, 2.45) is 7.05 Å². The molecule has 0 spiro atoms. The van der Waals surface area contributed by atoms with E-state index in [0.717, 1.165) is 22.4 Å². The predicted molar refractivity (Wildman–Crippen MR) is 130 cm³/mol. The summed E-state index contributed by atoms with van der Waals surface area (Å²) in [5.41, 5.74) is 12.7. The van der Waals surface area contributed by atoms with E-state index in [1.807, 2.05) is 6.33 Å². The zero-order valence-corrected chi connectivity index (χ0v) is 19.9. The Kier molecular flexibility index (Phi) is 3.77. The van der Waals surface area contributed by atoms with E-state index in [1.165, 1.54) is 50.2 Å². The molecule has 3 heteroatoms. The second-order valence-corrected chi connectivity index (χ2v) is 10.2. The molecule has 32 heavy (non-hydrogen) atoms. The normalized spacial score (nSPS) is 14.9. The van der Waals surface area contributed by atoms with E-state index in [-0.39, 0.29) is 5.41 Å². The SMILES string of the molecule is Cc1c2c(c(C)c3c1-c1ccccc1C3(C)C)-c1c3c(cc(C(C)C)cc3nc[n+]1C)O2. The monoisotopic (exact) mass is 421 g/mol. The summed E-state index contributed by atoms with van der Waals surface area (Å²) in [6.45, 7) is 13.6. The van der Waals surface area contributed by atoms with Gasteiger partial charge in [-0.15, -0.1) is 0 Å². The first-order valence-corrected chi connectivity index (χ1v) is 11.5. The number of aryl methyl sites for hydroxylation is 1. The Morgan fingerprint density at radius 1 is 1.00 bits per heavy atom. The lowest BCUT2D eigenvalue weighted by atomic mass is 9.77. The largest absolute Gasteiger partial charge is 0.455 e. The number of aromatic nitrogens is 2. The highest BCUT2D eigenvalue weighted by atomic mass is 16.5. The van der Waals surface area contributed by atoms with Crippen LogP contribution in [0.4, 0.5) is 0 Å². The van der Waals surface area contributed by atoms with Crippen LogP contribution in [-0.4, -0.2) is 4.98 Å². The summed E-state index contributed by atoms with van der Waals surface area (Å²) in [4.78, 5) is 4.77. The van der Waals surface area contributed by atoms with Gasteiger partial charge in [-0.05, 0) is 70.3 Å². The molecule has 1 aliphatic carbocycles. The molecule has 0 amide bonds. The first-order valence-electron chi connectivity index (χ1n) is 11.5. The van der Waals surface area contributed by atoms with Gasteiger partial charge in [0.2, 0.25) is 0 Å². The van der Waals surface area contributed by atoms with E-state index in [4.69, 9.17) is 9.72 Å². The zero-order valence-electron chi connectivity index (χ0n) is 19.9. The molecule has 0 atom stereocenters. The smallest absolute Gasteiger partial charge is 0.287 e. The number of ether oxygens (including phenoxy) is 1. The second-order valence-electron chi connectivity index (χ2n) is 10.2. The molecule has 2 aliphatic rings. The lowest BCUT2D eigenvalue weighted by Crippen LogP contribution is -2.33. The Morgan fingerprint density at radius 2 is 1.75 bits per heavy atom. The molecule has 0 radical (unpaired) electrons. The molecular formula is C29H29N2O+. The maximum atomic E-state index is 6.76. The van der Waals surface area contributed by atoms with Crippen LogP contribution in [0.5, 0.6) is 11.5 Å². The fourth-order valence-corrected chi connectivity index (χ4v) is 6.05. The van der Waals surface area contributed by atoms with E-state index >= 15 is 0 Å². The first kappa shape index (κ1) is 19.5. The van der Waals surface area contributed by atoms with Crippen LogP contribution in [0.3, 0.4) is 0 Å². The van der Waals surface area contributed by atoms with Gasteiger partial charge in [0.05, 0.1) is 12.6 Å². The minimum atomic E-state index is -0.0533. The third kappa shape index (κ3) is 2.26. The van der Waals surface area contributed by atoms with Crippen LogP contribution in [-0.2, 0) is 12.5 Å². The molecule has 4 aromatic rings. The van der Waals surface area contributed by atoms with Crippen LogP contribution in [0.15, 0.2) is 42.7 Å². The molecule has 0 fully saturated rings. The van der Waals surface area contributed by atoms with Crippen LogP contribution in [0.2, 0.25) is 0 Å². The first-order chi connectivity index (χ1) is 15.2. The minimum absolute atomic E-state index is 0.0533. The van der Waals surface area contributed by atoms with Crippen molar-refractivity contribution in [2.75, 3.05) is 0 Å². The molecule has 2 heterocycles.